The van der Waals surface area contributed by atoms with E-state index in [2.05, 4.69) is 4.98 Å². The van der Waals surface area contributed by atoms with E-state index in [1.807, 2.05) is 6.07 Å². The maximum absolute atomic E-state index is 14.2. The fourth-order valence-corrected chi connectivity index (χ4v) is 3.79. The maximum Gasteiger partial charge on any atom is 0.220 e. The Hall–Kier alpha value is -3.45. The summed E-state index contributed by atoms with van der Waals surface area (Å²) in [4.78, 5) is 8.45. The highest BCUT2D eigenvalue weighted by Gasteiger charge is 2.45. The van der Waals surface area contributed by atoms with Crippen LogP contribution in [0, 0.1) is 5.95 Å². The van der Waals surface area contributed by atoms with Gasteiger partial charge in [-0.25, -0.2) is 4.98 Å². The molecule has 5 rings (SSSR count). The highest BCUT2D eigenvalue weighted by atomic mass is 19.1. The number of aliphatic imine (C=N–C) groups is 1. The molecule has 2 aliphatic rings. The van der Waals surface area contributed by atoms with Gasteiger partial charge in [-0.2, -0.15) is 4.39 Å². The van der Waals surface area contributed by atoms with Crippen LogP contribution < -0.4 is 10.5 Å². The average molecular weight is 377 g/mol. The Morgan fingerprint density at radius 2 is 1.86 bits per heavy atom. The molecule has 140 valence electrons. The minimum atomic E-state index is -0.987. The summed E-state index contributed by atoms with van der Waals surface area (Å²) in [7, 11) is 0. The summed E-state index contributed by atoms with van der Waals surface area (Å²) in [5, 5.41) is 10.1. The zero-order valence-electron chi connectivity index (χ0n) is 14.7. The Morgan fingerprint density at radius 3 is 2.64 bits per heavy atom. The Labute approximate surface area is 160 Å². The van der Waals surface area contributed by atoms with Crippen molar-refractivity contribution in [2.24, 2.45) is 10.7 Å². The number of amidine groups is 1. The number of ether oxygens (including phenoxy) is 2. The minimum absolute atomic E-state index is 0.0824. The molecule has 1 atom stereocenters. The Kier molecular flexibility index (Phi) is 3.60. The second-order valence-electron chi connectivity index (χ2n) is 6.79. The summed E-state index contributed by atoms with van der Waals surface area (Å²) in [6, 6.07) is 13.5. The summed E-state index contributed by atoms with van der Waals surface area (Å²) in [5.41, 5.74) is 7.37. The fourth-order valence-electron chi connectivity index (χ4n) is 3.79. The largest absolute Gasteiger partial charge is 0.508 e. The molecule has 6 nitrogen and oxygen atoms in total. The molecule has 3 aromatic rings. The first kappa shape index (κ1) is 16.7. The number of nitrogens with two attached hydrogens (primary N) is 1. The normalized spacial score (nSPS) is 20.1. The van der Waals surface area contributed by atoms with Gasteiger partial charge in [0.25, 0.3) is 0 Å². The van der Waals surface area contributed by atoms with Crippen LogP contribution in [-0.2, 0) is 10.3 Å². The van der Waals surface area contributed by atoms with E-state index in [4.69, 9.17) is 20.2 Å². The molecule has 28 heavy (non-hydrogen) atoms. The van der Waals surface area contributed by atoms with Crippen LogP contribution in [0.2, 0.25) is 0 Å². The predicted molar refractivity (Wildman–Crippen MR) is 101 cm³/mol. The number of pyridine rings is 1. The maximum atomic E-state index is 14.2. The molecule has 2 aromatic carbocycles. The topological polar surface area (TPSA) is 90.0 Å². The Morgan fingerprint density at radius 1 is 1.07 bits per heavy atom. The number of fused-ring (bicyclic) bond motifs is 4. The number of phenolic OH excluding ortho intramolecular Hbond substituents is 1. The van der Waals surface area contributed by atoms with Gasteiger partial charge in [-0.05, 0) is 48.0 Å². The molecule has 3 heterocycles. The molecule has 2 aliphatic heterocycles. The summed E-state index contributed by atoms with van der Waals surface area (Å²) in [6.45, 7) is 0.447. The monoisotopic (exact) mass is 377 g/mol. The minimum Gasteiger partial charge on any atom is -0.508 e. The molecule has 0 aliphatic carbocycles. The second kappa shape index (κ2) is 6.03. The predicted octanol–water partition coefficient (Wildman–Crippen LogP) is 3.33. The highest BCUT2D eigenvalue weighted by molar-refractivity contribution is 5.84. The van der Waals surface area contributed by atoms with Crippen LogP contribution >= 0.6 is 0 Å². The standard InChI is InChI=1S/C21H16FN3O3/c22-20-14(2-1-7-24-20)12-3-5-17-15(8-12)21(11-27-10-19(23)25-21)16-9-13(26)4-6-18(16)28-17/h1-9,26H,10-11H2,(H2,23,25). The van der Waals surface area contributed by atoms with E-state index >= 15 is 0 Å². The van der Waals surface area contributed by atoms with E-state index < -0.39 is 11.5 Å². The molecular weight excluding hydrogens is 361 g/mol. The number of aromatic nitrogens is 1. The molecule has 0 fully saturated rings. The van der Waals surface area contributed by atoms with E-state index in [1.165, 1.54) is 6.20 Å². The van der Waals surface area contributed by atoms with Crippen LogP contribution in [-0.4, -0.2) is 29.1 Å². The number of rotatable bonds is 1. The molecule has 1 aromatic heterocycles. The second-order valence-corrected chi connectivity index (χ2v) is 6.79. The molecule has 3 N–H and O–H groups in total. The van der Waals surface area contributed by atoms with Gasteiger partial charge < -0.3 is 20.3 Å². The molecule has 0 saturated heterocycles. The lowest BCUT2D eigenvalue weighted by atomic mass is 9.79. The molecule has 0 amide bonds. The smallest absolute Gasteiger partial charge is 0.220 e. The zero-order chi connectivity index (χ0) is 19.3. The molecule has 0 bridgehead atoms. The molecule has 7 heteroatoms. The lowest BCUT2D eigenvalue weighted by Crippen LogP contribution is -2.42. The number of aromatic hydroxyl groups is 1. The van der Waals surface area contributed by atoms with E-state index in [0.717, 1.165) is 0 Å². The third-order valence-corrected chi connectivity index (χ3v) is 5.02. The van der Waals surface area contributed by atoms with Gasteiger partial charge in [-0.1, -0.05) is 6.07 Å². The Bertz CT molecular complexity index is 1130. The third kappa shape index (κ3) is 2.44. The van der Waals surface area contributed by atoms with Crippen LogP contribution in [0.5, 0.6) is 17.2 Å². The first-order valence-electron chi connectivity index (χ1n) is 8.75. The van der Waals surface area contributed by atoms with Gasteiger partial charge >= 0.3 is 0 Å². The van der Waals surface area contributed by atoms with Gasteiger partial charge in [0.15, 0.2) is 0 Å². The third-order valence-electron chi connectivity index (χ3n) is 5.02. The first-order valence-corrected chi connectivity index (χ1v) is 8.75. The SMILES string of the molecule is NC1=NC2(COC1)c1cc(O)ccc1Oc1ccc(-c3cccnc3F)cc12. The van der Waals surface area contributed by atoms with Crippen molar-refractivity contribution < 1.29 is 19.0 Å². The first-order chi connectivity index (χ1) is 13.6. The molecule has 1 spiro atoms. The van der Waals surface area contributed by atoms with Crippen molar-refractivity contribution in [1.82, 2.24) is 4.98 Å². The number of hydrogen-bond acceptors (Lipinski definition) is 6. The molecular formula is C21H16FN3O3. The van der Waals surface area contributed by atoms with Crippen molar-refractivity contribution in [2.75, 3.05) is 13.2 Å². The van der Waals surface area contributed by atoms with Crippen molar-refractivity contribution in [3.05, 3.63) is 71.8 Å². The van der Waals surface area contributed by atoms with Crippen molar-refractivity contribution in [1.29, 1.82) is 0 Å². The van der Waals surface area contributed by atoms with Gasteiger partial charge in [0, 0.05) is 22.9 Å². The van der Waals surface area contributed by atoms with Crippen LogP contribution in [0.3, 0.4) is 0 Å². The molecule has 0 saturated carbocycles. The molecule has 0 radical (unpaired) electrons. The lowest BCUT2D eigenvalue weighted by Gasteiger charge is -2.39. The van der Waals surface area contributed by atoms with Crippen molar-refractivity contribution in [3.63, 3.8) is 0 Å². The van der Waals surface area contributed by atoms with E-state index in [0.29, 0.717) is 39.6 Å². The fraction of sp³-hybridized carbons (Fsp3) is 0.143. The van der Waals surface area contributed by atoms with Crippen molar-refractivity contribution in [3.8, 4) is 28.4 Å². The van der Waals surface area contributed by atoms with E-state index in [9.17, 15) is 9.50 Å². The number of phenols is 1. The van der Waals surface area contributed by atoms with Crippen LogP contribution in [0.25, 0.3) is 11.1 Å². The number of hydrogen-bond donors (Lipinski definition) is 2. The number of nitrogens with zero attached hydrogens (tertiary/aromatic N) is 2. The van der Waals surface area contributed by atoms with Crippen LogP contribution in [0.15, 0.2) is 59.7 Å². The van der Waals surface area contributed by atoms with Crippen LogP contribution in [0.1, 0.15) is 11.1 Å². The quantitative estimate of drug-likeness (QED) is 0.635. The lowest BCUT2D eigenvalue weighted by molar-refractivity contribution is 0.109. The van der Waals surface area contributed by atoms with Crippen LogP contribution in [0.4, 0.5) is 4.39 Å². The summed E-state index contributed by atoms with van der Waals surface area (Å²) in [6.07, 6.45) is 1.40. The number of benzene rings is 2. The molecule has 1 unspecified atom stereocenters. The van der Waals surface area contributed by atoms with Gasteiger partial charge in [-0.3, -0.25) is 4.99 Å². The summed E-state index contributed by atoms with van der Waals surface area (Å²) >= 11 is 0. The summed E-state index contributed by atoms with van der Waals surface area (Å²) in [5.74, 6) is 1.00. The summed E-state index contributed by atoms with van der Waals surface area (Å²) < 4.78 is 26.0. The van der Waals surface area contributed by atoms with Gasteiger partial charge in [0.1, 0.15) is 35.2 Å². The van der Waals surface area contributed by atoms with E-state index in [-0.39, 0.29) is 19.0 Å². The Balaban J connectivity index is 1.78. The zero-order valence-corrected chi connectivity index (χ0v) is 14.7. The average Bonchev–Trinajstić information content (AvgIpc) is 2.69. The van der Waals surface area contributed by atoms with Gasteiger partial charge in [0.2, 0.25) is 5.95 Å². The van der Waals surface area contributed by atoms with E-state index in [1.54, 1.807) is 42.5 Å². The van der Waals surface area contributed by atoms with Gasteiger partial charge in [-0.15, -0.1) is 0 Å². The van der Waals surface area contributed by atoms with Gasteiger partial charge in [0.05, 0.1) is 6.61 Å². The van der Waals surface area contributed by atoms with Crippen molar-refractivity contribution in [2.45, 2.75) is 5.54 Å². The van der Waals surface area contributed by atoms with Crippen molar-refractivity contribution >= 4 is 5.84 Å². The highest BCUT2D eigenvalue weighted by Crippen LogP contribution is 2.51. The number of halogens is 1.